The minimum absolute atomic E-state index is 0.0628. The van der Waals surface area contributed by atoms with E-state index in [1.165, 1.54) is 29.8 Å². The van der Waals surface area contributed by atoms with Crippen LogP contribution in [0.2, 0.25) is 10.0 Å². The fourth-order valence-corrected chi connectivity index (χ4v) is 3.57. The van der Waals surface area contributed by atoms with Gasteiger partial charge in [-0.3, -0.25) is 9.69 Å². The fraction of sp³-hybridized carbons (Fsp3) is 0.111. The molecule has 0 spiro atoms. The molecule has 134 valence electrons. The van der Waals surface area contributed by atoms with Crippen molar-refractivity contribution in [3.8, 4) is 11.5 Å². The molecular weight excluding hydrogens is 395 g/mol. The first-order valence-corrected chi connectivity index (χ1v) is 9.04. The molecule has 26 heavy (non-hydrogen) atoms. The standard InChI is InChI=1S/C18H14Cl2N2O3S/c1-22-17(24)16(8-10-7-15(25-2)14(23)9-13(10)20)26-18(22)21-12-5-3-11(19)4-6-12/h3-9,23H,1-2H3. The molecule has 1 saturated heterocycles. The summed E-state index contributed by atoms with van der Waals surface area (Å²) in [6.07, 6.45) is 1.65. The predicted molar refractivity (Wildman–Crippen MR) is 107 cm³/mol. The highest BCUT2D eigenvalue weighted by atomic mass is 35.5. The van der Waals surface area contributed by atoms with Crippen molar-refractivity contribution < 1.29 is 14.6 Å². The maximum absolute atomic E-state index is 12.5. The fourth-order valence-electron chi connectivity index (χ4n) is 2.25. The van der Waals surface area contributed by atoms with Gasteiger partial charge in [-0.2, -0.15) is 0 Å². The number of ether oxygens (including phenoxy) is 1. The van der Waals surface area contributed by atoms with E-state index in [9.17, 15) is 9.90 Å². The van der Waals surface area contributed by atoms with E-state index in [1.54, 1.807) is 43.5 Å². The van der Waals surface area contributed by atoms with Crippen LogP contribution in [0.15, 0.2) is 46.3 Å². The molecule has 0 radical (unpaired) electrons. The lowest BCUT2D eigenvalue weighted by atomic mass is 10.2. The molecule has 0 aliphatic carbocycles. The number of benzene rings is 2. The average molecular weight is 409 g/mol. The van der Waals surface area contributed by atoms with Crippen molar-refractivity contribution in [1.82, 2.24) is 4.90 Å². The average Bonchev–Trinajstić information content (AvgIpc) is 2.87. The summed E-state index contributed by atoms with van der Waals surface area (Å²) in [4.78, 5) is 18.9. The molecular formula is C18H14Cl2N2O3S. The number of amidine groups is 1. The Morgan fingerprint density at radius 3 is 2.58 bits per heavy atom. The number of aliphatic imine (C=N–C) groups is 1. The first kappa shape index (κ1) is 18.6. The number of phenols is 1. The zero-order chi connectivity index (χ0) is 18.8. The number of halogens is 2. The molecule has 1 aliphatic heterocycles. The number of aromatic hydroxyl groups is 1. The molecule has 1 N–H and O–H groups in total. The smallest absolute Gasteiger partial charge is 0.266 e. The molecule has 1 amide bonds. The third-order valence-corrected chi connectivity index (χ3v) is 5.28. The molecule has 0 aromatic heterocycles. The van der Waals surface area contributed by atoms with Gasteiger partial charge in [0.05, 0.1) is 22.7 Å². The number of carbonyl (C=O) groups is 1. The van der Waals surface area contributed by atoms with Crippen molar-refractivity contribution >= 4 is 57.8 Å². The topological polar surface area (TPSA) is 62.1 Å². The van der Waals surface area contributed by atoms with Gasteiger partial charge in [0.15, 0.2) is 16.7 Å². The Hall–Kier alpha value is -2.15. The number of thioether (sulfide) groups is 1. The number of hydrogen-bond donors (Lipinski definition) is 1. The summed E-state index contributed by atoms with van der Waals surface area (Å²) in [7, 11) is 3.10. The van der Waals surface area contributed by atoms with E-state index in [-0.39, 0.29) is 17.4 Å². The Bertz CT molecular complexity index is 927. The van der Waals surface area contributed by atoms with Crippen molar-refractivity contribution in [1.29, 1.82) is 0 Å². The van der Waals surface area contributed by atoms with Crippen LogP contribution in [0.1, 0.15) is 5.56 Å². The Morgan fingerprint density at radius 2 is 1.92 bits per heavy atom. The first-order valence-electron chi connectivity index (χ1n) is 7.47. The number of nitrogens with zero attached hydrogens (tertiary/aromatic N) is 2. The Morgan fingerprint density at radius 1 is 1.23 bits per heavy atom. The summed E-state index contributed by atoms with van der Waals surface area (Å²) < 4.78 is 5.09. The summed E-state index contributed by atoms with van der Waals surface area (Å²) >= 11 is 13.3. The second-order valence-electron chi connectivity index (χ2n) is 5.39. The summed E-state index contributed by atoms with van der Waals surface area (Å²) in [5.74, 6) is 0.0260. The highest BCUT2D eigenvalue weighted by molar-refractivity contribution is 8.18. The van der Waals surface area contributed by atoms with E-state index in [0.717, 1.165) is 0 Å². The van der Waals surface area contributed by atoms with Crippen molar-refractivity contribution in [3.63, 3.8) is 0 Å². The van der Waals surface area contributed by atoms with Gasteiger partial charge in [0.2, 0.25) is 0 Å². The van der Waals surface area contributed by atoms with Gasteiger partial charge in [0.25, 0.3) is 5.91 Å². The van der Waals surface area contributed by atoms with Crippen LogP contribution >= 0.6 is 35.0 Å². The summed E-state index contributed by atoms with van der Waals surface area (Å²) in [6.45, 7) is 0. The predicted octanol–water partition coefficient (Wildman–Crippen LogP) is 4.94. The number of amides is 1. The number of likely N-dealkylation sites (N-methyl/N-ethyl adjacent to an activating group) is 1. The van der Waals surface area contributed by atoms with Crippen LogP contribution in [0.25, 0.3) is 6.08 Å². The number of methoxy groups -OCH3 is 1. The molecule has 1 fully saturated rings. The molecule has 5 nitrogen and oxygen atoms in total. The number of rotatable bonds is 3. The zero-order valence-corrected chi connectivity index (χ0v) is 16.2. The largest absolute Gasteiger partial charge is 0.504 e. The SMILES string of the molecule is COc1cc(C=C2SC(=Nc3ccc(Cl)cc3)N(C)C2=O)c(Cl)cc1O. The third-order valence-electron chi connectivity index (χ3n) is 3.64. The first-order chi connectivity index (χ1) is 12.4. The van der Waals surface area contributed by atoms with E-state index in [1.807, 2.05) is 0 Å². The van der Waals surface area contributed by atoms with Gasteiger partial charge in [-0.05, 0) is 53.7 Å². The Labute approximate surface area is 164 Å². The van der Waals surface area contributed by atoms with Gasteiger partial charge in [0, 0.05) is 18.1 Å². The number of carbonyl (C=O) groups excluding carboxylic acids is 1. The lowest BCUT2D eigenvalue weighted by Gasteiger charge is -2.07. The van der Waals surface area contributed by atoms with Gasteiger partial charge in [-0.15, -0.1) is 0 Å². The summed E-state index contributed by atoms with van der Waals surface area (Å²) in [6, 6.07) is 9.98. The van der Waals surface area contributed by atoms with E-state index in [2.05, 4.69) is 4.99 Å². The van der Waals surface area contributed by atoms with Gasteiger partial charge in [-0.1, -0.05) is 23.2 Å². The van der Waals surface area contributed by atoms with Crippen LogP contribution in [-0.2, 0) is 4.79 Å². The van der Waals surface area contributed by atoms with E-state index >= 15 is 0 Å². The van der Waals surface area contributed by atoms with Gasteiger partial charge >= 0.3 is 0 Å². The molecule has 8 heteroatoms. The van der Waals surface area contributed by atoms with E-state index in [0.29, 0.717) is 31.4 Å². The second kappa shape index (κ2) is 7.61. The number of hydrogen-bond acceptors (Lipinski definition) is 5. The van der Waals surface area contributed by atoms with Crippen LogP contribution in [0.3, 0.4) is 0 Å². The minimum atomic E-state index is -0.189. The van der Waals surface area contributed by atoms with Crippen molar-refractivity contribution in [3.05, 3.63) is 56.9 Å². The number of phenolic OH excluding ortho intramolecular Hbond substituents is 1. The van der Waals surface area contributed by atoms with Gasteiger partial charge < -0.3 is 9.84 Å². The van der Waals surface area contributed by atoms with Crippen molar-refractivity contribution in [2.45, 2.75) is 0 Å². The minimum Gasteiger partial charge on any atom is -0.504 e. The molecule has 0 bridgehead atoms. The molecule has 1 heterocycles. The van der Waals surface area contributed by atoms with Crippen LogP contribution in [-0.4, -0.2) is 35.2 Å². The lowest BCUT2D eigenvalue weighted by molar-refractivity contribution is -0.121. The van der Waals surface area contributed by atoms with Crippen LogP contribution in [0, 0.1) is 0 Å². The Balaban J connectivity index is 1.94. The van der Waals surface area contributed by atoms with Crippen molar-refractivity contribution in [2.24, 2.45) is 4.99 Å². The monoisotopic (exact) mass is 408 g/mol. The molecule has 2 aromatic rings. The van der Waals surface area contributed by atoms with Crippen LogP contribution < -0.4 is 4.74 Å². The molecule has 0 atom stereocenters. The molecule has 1 aliphatic rings. The third kappa shape index (κ3) is 3.82. The lowest BCUT2D eigenvalue weighted by Crippen LogP contribution is -2.23. The van der Waals surface area contributed by atoms with E-state index < -0.39 is 0 Å². The molecule has 2 aromatic carbocycles. The van der Waals surface area contributed by atoms with Crippen LogP contribution in [0.4, 0.5) is 5.69 Å². The molecule has 0 saturated carbocycles. The summed E-state index contributed by atoms with van der Waals surface area (Å²) in [5, 5.41) is 11.2. The normalized spacial score (nSPS) is 17.4. The highest BCUT2D eigenvalue weighted by Crippen LogP contribution is 2.37. The van der Waals surface area contributed by atoms with Gasteiger partial charge in [-0.25, -0.2) is 4.99 Å². The summed E-state index contributed by atoms with van der Waals surface area (Å²) in [5.41, 5.74) is 1.26. The van der Waals surface area contributed by atoms with E-state index in [4.69, 9.17) is 27.9 Å². The van der Waals surface area contributed by atoms with Crippen LogP contribution in [0.5, 0.6) is 11.5 Å². The zero-order valence-electron chi connectivity index (χ0n) is 13.9. The van der Waals surface area contributed by atoms with Gasteiger partial charge in [0.1, 0.15) is 0 Å². The maximum Gasteiger partial charge on any atom is 0.266 e. The Kier molecular flexibility index (Phi) is 5.46. The molecule has 0 unspecified atom stereocenters. The second-order valence-corrected chi connectivity index (χ2v) is 7.24. The quantitative estimate of drug-likeness (QED) is 0.730. The van der Waals surface area contributed by atoms with Crippen molar-refractivity contribution in [2.75, 3.05) is 14.2 Å². The maximum atomic E-state index is 12.5. The highest BCUT2D eigenvalue weighted by Gasteiger charge is 2.30. The molecule has 3 rings (SSSR count).